The molecule has 3 heterocycles. The van der Waals surface area contributed by atoms with E-state index in [1.807, 2.05) is 0 Å². The Kier molecular flexibility index (Phi) is 8.89. The molecule has 2 saturated heterocycles. The number of aliphatic carboxylic acids is 2. The fourth-order valence-electron chi connectivity index (χ4n) is 3.48. The summed E-state index contributed by atoms with van der Waals surface area (Å²) in [6.07, 6.45) is 0. The number of hydrogen-bond donors (Lipinski definition) is 3. The summed E-state index contributed by atoms with van der Waals surface area (Å²) >= 11 is 2.43. The second-order valence-electron chi connectivity index (χ2n) is 6.78. The molecule has 1 aromatic rings. The van der Waals surface area contributed by atoms with Crippen molar-refractivity contribution in [2.45, 2.75) is 41.7 Å². The summed E-state index contributed by atoms with van der Waals surface area (Å²) in [5.41, 5.74) is -1.50. The molecule has 13 heteroatoms. The first-order valence-electron chi connectivity index (χ1n) is 7.92. The van der Waals surface area contributed by atoms with Crippen LogP contribution in [0.15, 0.2) is 16.8 Å². The van der Waals surface area contributed by atoms with Crippen molar-refractivity contribution in [1.29, 1.82) is 0 Å². The Hall–Kier alpha value is -0.110. The van der Waals surface area contributed by atoms with Gasteiger partial charge in [0.05, 0.1) is 0 Å². The number of rotatable bonds is 6. The number of carboxylic acids is 2. The molecule has 0 aromatic carbocycles. The minimum atomic E-state index is -1.80. The number of nitrogens with one attached hydrogen (secondary N) is 1. The molecule has 1 aromatic heterocycles. The number of carbonyl (C=O) groups is 4. The molecule has 9 nitrogen and oxygen atoms in total. The van der Waals surface area contributed by atoms with E-state index in [4.69, 9.17) is 4.74 Å². The second kappa shape index (κ2) is 9.58. The van der Waals surface area contributed by atoms with Gasteiger partial charge in [0.15, 0.2) is 5.92 Å². The molecule has 0 bridgehead atoms. The zero-order chi connectivity index (χ0) is 20.1. The molecule has 2 aliphatic rings. The van der Waals surface area contributed by atoms with Crippen molar-refractivity contribution in [2.24, 2.45) is 0 Å². The monoisotopic (exact) mass is 462 g/mol. The van der Waals surface area contributed by atoms with E-state index in [2.05, 4.69) is 5.32 Å². The molecule has 4 atom stereocenters. The predicted octanol–water partition coefficient (Wildman–Crippen LogP) is -0.775. The average molecular weight is 462 g/mol. The molecular weight excluding hydrogens is 442 g/mol. The predicted molar refractivity (Wildman–Crippen MR) is 111 cm³/mol. The molecular formula is C16H20N2Na2O7S2. The quantitative estimate of drug-likeness (QED) is 0.217. The molecule has 0 saturated carbocycles. The number of hydrogen-bond acceptors (Lipinski definition) is 7. The van der Waals surface area contributed by atoms with Gasteiger partial charge in [-0.05, 0) is 36.2 Å². The number of amides is 2. The van der Waals surface area contributed by atoms with Gasteiger partial charge in [0.2, 0.25) is 5.91 Å². The fourth-order valence-corrected chi connectivity index (χ4v) is 5.84. The molecule has 0 spiro atoms. The molecule has 0 unspecified atom stereocenters. The van der Waals surface area contributed by atoms with E-state index in [1.165, 1.54) is 36.3 Å². The van der Waals surface area contributed by atoms with Crippen molar-refractivity contribution < 1.29 is 34.1 Å². The van der Waals surface area contributed by atoms with Crippen molar-refractivity contribution >= 4 is 106 Å². The number of β-lactam (4-membered cyclic amide) rings is 1. The van der Waals surface area contributed by atoms with Crippen molar-refractivity contribution in [3.05, 3.63) is 22.4 Å². The molecule has 2 amide bonds. The number of thiophene rings is 1. The van der Waals surface area contributed by atoms with Gasteiger partial charge < -0.3 is 25.2 Å². The Labute approximate surface area is 219 Å². The first kappa shape index (κ1) is 26.9. The fraction of sp³-hybridized carbons (Fsp3) is 0.500. The standard InChI is InChI=1S/C16H18N2O7S2.2Na.2H/c1-15(2)9(12(22)23)18-13(24)16(25-3,14(18)27-15)17-10(19)8(11(20)21)7-4-5-26-6-7;;;;/h4-6,8-9,14H,1-3H3,(H,17,19)(H,20,21)(H,22,23);;;;/t8-,9+,14-,16+;;;;/m1..../s1. The number of methoxy groups -OCH3 is 1. The first-order valence-corrected chi connectivity index (χ1v) is 9.74. The Morgan fingerprint density at radius 2 is 1.90 bits per heavy atom. The first-order chi connectivity index (χ1) is 12.6. The number of ether oxygens (including phenoxy) is 1. The number of nitrogens with zero attached hydrogens (tertiary/aromatic N) is 1. The summed E-state index contributed by atoms with van der Waals surface area (Å²) in [5.74, 6) is -5.61. The van der Waals surface area contributed by atoms with E-state index < -0.39 is 51.6 Å². The van der Waals surface area contributed by atoms with E-state index in [0.717, 1.165) is 4.90 Å². The average Bonchev–Trinajstić information content (AvgIpc) is 3.16. The van der Waals surface area contributed by atoms with Crippen LogP contribution in [0.4, 0.5) is 0 Å². The van der Waals surface area contributed by atoms with E-state index in [1.54, 1.807) is 24.6 Å². The number of carboxylic acid groups (broad SMARTS) is 2. The Morgan fingerprint density at radius 1 is 1.28 bits per heavy atom. The van der Waals surface area contributed by atoms with Crippen LogP contribution >= 0.6 is 23.1 Å². The number of thioether (sulfide) groups is 1. The van der Waals surface area contributed by atoms with Crippen molar-refractivity contribution in [3.63, 3.8) is 0 Å². The molecule has 150 valence electrons. The van der Waals surface area contributed by atoms with Gasteiger partial charge in [0.25, 0.3) is 11.6 Å². The zero-order valence-corrected chi connectivity index (χ0v) is 16.3. The Morgan fingerprint density at radius 3 is 2.34 bits per heavy atom. The summed E-state index contributed by atoms with van der Waals surface area (Å²) in [5, 5.41) is 23.8. The van der Waals surface area contributed by atoms with Crippen LogP contribution in [0.1, 0.15) is 25.3 Å². The number of carbonyl (C=O) groups excluding carboxylic acids is 2. The van der Waals surface area contributed by atoms with Crippen molar-refractivity contribution in [2.75, 3.05) is 7.11 Å². The van der Waals surface area contributed by atoms with Crippen LogP contribution in [-0.4, -0.2) is 127 Å². The van der Waals surface area contributed by atoms with Crippen LogP contribution in [-0.2, 0) is 23.9 Å². The van der Waals surface area contributed by atoms with Gasteiger partial charge in [-0.15, -0.1) is 11.8 Å². The van der Waals surface area contributed by atoms with E-state index >= 15 is 0 Å². The summed E-state index contributed by atoms with van der Waals surface area (Å²) in [6, 6.07) is 0.443. The van der Waals surface area contributed by atoms with E-state index in [9.17, 15) is 29.4 Å². The molecule has 2 aliphatic heterocycles. The van der Waals surface area contributed by atoms with E-state index in [-0.39, 0.29) is 59.1 Å². The van der Waals surface area contributed by atoms with Crippen LogP contribution in [0, 0.1) is 0 Å². The van der Waals surface area contributed by atoms with Crippen LogP contribution in [0.5, 0.6) is 0 Å². The minimum absolute atomic E-state index is 0. The normalized spacial score (nSPS) is 27.6. The molecule has 3 N–H and O–H groups in total. The third-order valence-corrected chi connectivity index (χ3v) is 7.07. The van der Waals surface area contributed by atoms with Crippen LogP contribution in [0.25, 0.3) is 0 Å². The third-order valence-electron chi connectivity index (χ3n) is 4.76. The second-order valence-corrected chi connectivity index (χ2v) is 9.30. The molecule has 2 fully saturated rings. The van der Waals surface area contributed by atoms with Gasteiger partial charge in [0, 0.05) is 11.9 Å². The summed E-state index contributed by atoms with van der Waals surface area (Å²) in [7, 11) is 1.22. The summed E-state index contributed by atoms with van der Waals surface area (Å²) < 4.78 is 4.50. The van der Waals surface area contributed by atoms with Crippen molar-refractivity contribution in [3.8, 4) is 0 Å². The summed E-state index contributed by atoms with van der Waals surface area (Å²) in [4.78, 5) is 49.9. The molecule has 0 radical (unpaired) electrons. The van der Waals surface area contributed by atoms with Crippen LogP contribution in [0.2, 0.25) is 0 Å². The van der Waals surface area contributed by atoms with Crippen molar-refractivity contribution in [1.82, 2.24) is 10.2 Å². The Bertz CT molecular complexity index is 820. The summed E-state index contributed by atoms with van der Waals surface area (Å²) in [6.45, 7) is 3.38. The molecule has 29 heavy (non-hydrogen) atoms. The van der Waals surface area contributed by atoms with Gasteiger partial charge in [-0.2, -0.15) is 11.3 Å². The third kappa shape index (κ3) is 4.31. The Balaban J connectivity index is 0.00000210. The maximum atomic E-state index is 12.8. The topological polar surface area (TPSA) is 133 Å². The van der Waals surface area contributed by atoms with Crippen LogP contribution < -0.4 is 5.32 Å². The van der Waals surface area contributed by atoms with Gasteiger partial charge in [0.1, 0.15) is 11.4 Å². The van der Waals surface area contributed by atoms with Gasteiger partial charge in [-0.1, -0.05) is 0 Å². The maximum absolute atomic E-state index is 12.8. The van der Waals surface area contributed by atoms with Crippen LogP contribution in [0.3, 0.4) is 0 Å². The SMILES string of the molecule is CO[C@@]1(NC(=O)[C@H](C(=O)O)c2ccsc2)C(=O)N2[C@@H](C(=O)O)C(C)(C)S[C@@H]21.[NaH].[NaH]. The van der Waals surface area contributed by atoms with E-state index in [0.29, 0.717) is 5.56 Å². The molecule has 3 rings (SSSR count). The molecule has 0 aliphatic carbocycles. The number of fused-ring (bicyclic) bond motifs is 1. The van der Waals surface area contributed by atoms with Gasteiger partial charge in [-0.3, -0.25) is 14.4 Å². The van der Waals surface area contributed by atoms with Gasteiger partial charge in [-0.25, -0.2) is 4.79 Å². The zero-order valence-electron chi connectivity index (χ0n) is 14.7. The van der Waals surface area contributed by atoms with Gasteiger partial charge >= 0.3 is 71.1 Å².